The number of carbonyl (C=O) groups excluding carboxylic acids is 1. The quantitative estimate of drug-likeness (QED) is 0.818. The number of carbonyl (C=O) groups is 1. The zero-order valence-electron chi connectivity index (χ0n) is 10.4. The van der Waals surface area contributed by atoms with Crippen molar-refractivity contribution in [3.05, 3.63) is 29.6 Å². The van der Waals surface area contributed by atoms with Crippen molar-refractivity contribution in [3.63, 3.8) is 0 Å². The van der Waals surface area contributed by atoms with E-state index in [1.54, 1.807) is 13.0 Å². The van der Waals surface area contributed by atoms with E-state index in [1.165, 1.54) is 23.9 Å². The molecule has 0 bridgehead atoms. The first kappa shape index (κ1) is 17.2. The largest absolute Gasteiger partial charge is 0.352 e. The highest BCUT2D eigenvalue weighted by molar-refractivity contribution is 7.98. The summed E-state index contributed by atoms with van der Waals surface area (Å²) >= 11 is 1.53. The van der Waals surface area contributed by atoms with Crippen LogP contribution in [-0.4, -0.2) is 18.7 Å². The van der Waals surface area contributed by atoms with Gasteiger partial charge in [0.2, 0.25) is 5.91 Å². The fourth-order valence-electron chi connectivity index (χ4n) is 1.35. The maximum absolute atomic E-state index is 13.1. The summed E-state index contributed by atoms with van der Waals surface area (Å²) in [5.74, 6) is -0.621. The lowest BCUT2D eigenvalue weighted by Crippen LogP contribution is -2.32. The minimum Gasteiger partial charge on any atom is -0.352 e. The number of nitrogens with one attached hydrogen (secondary N) is 1. The standard InChI is InChI=1S/C12H17FN2OS.ClH/c1-8(6-14)12(16)15-7-9-5-10(13)3-4-11(9)17-2;/h3-5,8H,6-7,14H2,1-2H3,(H,15,16);1H. The molecular weight excluding hydrogens is 275 g/mol. The molecular formula is C12H18ClFN2OS. The predicted molar refractivity (Wildman–Crippen MR) is 75.5 cm³/mol. The Balaban J connectivity index is 0.00000289. The molecule has 6 heteroatoms. The van der Waals surface area contributed by atoms with E-state index in [-0.39, 0.29) is 30.0 Å². The molecule has 0 saturated heterocycles. The molecule has 0 aliphatic rings. The number of hydrogen-bond acceptors (Lipinski definition) is 3. The van der Waals surface area contributed by atoms with Crippen molar-refractivity contribution in [2.24, 2.45) is 11.7 Å². The van der Waals surface area contributed by atoms with Gasteiger partial charge in [-0.1, -0.05) is 6.92 Å². The molecule has 0 saturated carbocycles. The molecule has 1 amide bonds. The van der Waals surface area contributed by atoms with Crippen molar-refractivity contribution >= 4 is 30.1 Å². The van der Waals surface area contributed by atoms with Crippen LogP contribution in [0, 0.1) is 11.7 Å². The number of thioether (sulfide) groups is 1. The second kappa shape index (κ2) is 8.34. The lowest BCUT2D eigenvalue weighted by molar-refractivity contribution is -0.124. The maximum atomic E-state index is 13.1. The van der Waals surface area contributed by atoms with Crippen molar-refractivity contribution < 1.29 is 9.18 Å². The number of hydrogen-bond donors (Lipinski definition) is 2. The third-order valence-electron chi connectivity index (χ3n) is 2.50. The van der Waals surface area contributed by atoms with Gasteiger partial charge in [-0.2, -0.15) is 0 Å². The van der Waals surface area contributed by atoms with Crippen molar-refractivity contribution in [1.82, 2.24) is 5.32 Å². The van der Waals surface area contributed by atoms with Gasteiger partial charge in [-0.15, -0.1) is 24.2 Å². The molecule has 0 spiro atoms. The Labute approximate surface area is 117 Å². The minimum atomic E-state index is -0.293. The molecule has 1 rings (SSSR count). The van der Waals surface area contributed by atoms with Gasteiger partial charge in [0.25, 0.3) is 0 Å². The summed E-state index contributed by atoms with van der Waals surface area (Å²) in [6.07, 6.45) is 1.92. The van der Waals surface area contributed by atoms with Crippen molar-refractivity contribution in [2.45, 2.75) is 18.4 Å². The van der Waals surface area contributed by atoms with Crippen LogP contribution in [0.3, 0.4) is 0 Å². The normalized spacial score (nSPS) is 11.6. The Morgan fingerprint density at radius 3 is 2.78 bits per heavy atom. The van der Waals surface area contributed by atoms with E-state index in [0.29, 0.717) is 13.1 Å². The summed E-state index contributed by atoms with van der Waals surface area (Å²) in [5, 5.41) is 2.75. The minimum absolute atomic E-state index is 0. The zero-order chi connectivity index (χ0) is 12.8. The van der Waals surface area contributed by atoms with Crippen LogP contribution in [0.1, 0.15) is 12.5 Å². The van der Waals surface area contributed by atoms with Gasteiger partial charge < -0.3 is 11.1 Å². The highest BCUT2D eigenvalue weighted by Crippen LogP contribution is 2.21. The van der Waals surface area contributed by atoms with Crippen LogP contribution >= 0.6 is 24.2 Å². The summed E-state index contributed by atoms with van der Waals surface area (Å²) in [7, 11) is 0. The smallest absolute Gasteiger partial charge is 0.224 e. The predicted octanol–water partition coefficient (Wildman–Crippen LogP) is 2.18. The first-order chi connectivity index (χ1) is 8.08. The molecule has 0 fully saturated rings. The van der Waals surface area contributed by atoms with Crippen LogP contribution in [0.15, 0.2) is 23.1 Å². The Morgan fingerprint density at radius 1 is 1.56 bits per heavy atom. The van der Waals surface area contributed by atoms with E-state index in [1.807, 2.05) is 6.26 Å². The summed E-state index contributed by atoms with van der Waals surface area (Å²) < 4.78 is 13.1. The van der Waals surface area contributed by atoms with E-state index in [2.05, 4.69) is 5.32 Å². The van der Waals surface area contributed by atoms with E-state index in [4.69, 9.17) is 5.73 Å². The second-order valence-corrected chi connectivity index (χ2v) is 4.66. The molecule has 1 atom stereocenters. The Morgan fingerprint density at radius 2 is 2.22 bits per heavy atom. The first-order valence-electron chi connectivity index (χ1n) is 5.38. The van der Waals surface area contributed by atoms with Crippen LogP contribution in [0.5, 0.6) is 0 Å². The molecule has 18 heavy (non-hydrogen) atoms. The van der Waals surface area contributed by atoms with Crippen molar-refractivity contribution in [3.8, 4) is 0 Å². The fraction of sp³-hybridized carbons (Fsp3) is 0.417. The van der Waals surface area contributed by atoms with Crippen LogP contribution in [0.4, 0.5) is 4.39 Å². The average Bonchev–Trinajstić information content (AvgIpc) is 2.35. The Kier molecular flexibility index (Phi) is 7.98. The molecule has 3 nitrogen and oxygen atoms in total. The van der Waals surface area contributed by atoms with E-state index < -0.39 is 0 Å². The van der Waals surface area contributed by atoms with E-state index in [0.717, 1.165) is 10.5 Å². The number of halogens is 2. The van der Waals surface area contributed by atoms with Gasteiger partial charge in [-0.3, -0.25) is 4.79 Å². The fourth-order valence-corrected chi connectivity index (χ4v) is 1.95. The van der Waals surface area contributed by atoms with Gasteiger partial charge in [0.15, 0.2) is 0 Å². The van der Waals surface area contributed by atoms with Crippen molar-refractivity contribution in [1.29, 1.82) is 0 Å². The number of amides is 1. The Bertz CT molecular complexity index is 404. The molecule has 0 aliphatic carbocycles. The van der Waals surface area contributed by atoms with E-state index >= 15 is 0 Å². The van der Waals surface area contributed by atoms with Gasteiger partial charge in [-0.05, 0) is 30.0 Å². The zero-order valence-corrected chi connectivity index (χ0v) is 12.0. The Hall–Kier alpha value is -0.780. The molecule has 1 unspecified atom stereocenters. The SMILES string of the molecule is CSc1ccc(F)cc1CNC(=O)C(C)CN.Cl. The van der Waals surface area contributed by atoms with Gasteiger partial charge in [0.1, 0.15) is 5.82 Å². The monoisotopic (exact) mass is 292 g/mol. The van der Waals surface area contributed by atoms with Gasteiger partial charge in [0, 0.05) is 23.9 Å². The average molecular weight is 293 g/mol. The topological polar surface area (TPSA) is 55.1 Å². The van der Waals surface area contributed by atoms with Crippen LogP contribution < -0.4 is 11.1 Å². The molecule has 1 aromatic rings. The first-order valence-corrected chi connectivity index (χ1v) is 6.61. The molecule has 3 N–H and O–H groups in total. The third kappa shape index (κ3) is 4.84. The van der Waals surface area contributed by atoms with Crippen LogP contribution in [0.2, 0.25) is 0 Å². The number of rotatable bonds is 5. The second-order valence-electron chi connectivity index (χ2n) is 3.81. The third-order valence-corrected chi connectivity index (χ3v) is 3.33. The van der Waals surface area contributed by atoms with Gasteiger partial charge in [-0.25, -0.2) is 4.39 Å². The molecule has 0 heterocycles. The summed E-state index contributed by atoms with van der Waals surface area (Å²) in [6.45, 7) is 2.40. The molecule has 1 aromatic carbocycles. The summed E-state index contributed by atoms with van der Waals surface area (Å²) in [5.41, 5.74) is 6.18. The number of benzene rings is 1. The molecule has 0 aromatic heterocycles. The van der Waals surface area contributed by atoms with Gasteiger partial charge >= 0.3 is 0 Å². The molecule has 102 valence electrons. The highest BCUT2D eigenvalue weighted by Gasteiger charge is 2.11. The van der Waals surface area contributed by atoms with Crippen LogP contribution in [-0.2, 0) is 11.3 Å². The lowest BCUT2D eigenvalue weighted by atomic mass is 10.1. The number of nitrogens with two attached hydrogens (primary N) is 1. The molecule has 0 aliphatic heterocycles. The van der Waals surface area contributed by atoms with Crippen molar-refractivity contribution in [2.75, 3.05) is 12.8 Å². The lowest BCUT2D eigenvalue weighted by Gasteiger charge is -2.12. The van der Waals surface area contributed by atoms with E-state index in [9.17, 15) is 9.18 Å². The molecule has 0 radical (unpaired) electrons. The summed E-state index contributed by atoms with van der Waals surface area (Å²) in [6, 6.07) is 4.58. The van der Waals surface area contributed by atoms with Crippen LogP contribution in [0.25, 0.3) is 0 Å². The summed E-state index contributed by atoms with van der Waals surface area (Å²) in [4.78, 5) is 12.5. The maximum Gasteiger partial charge on any atom is 0.224 e. The highest BCUT2D eigenvalue weighted by atomic mass is 35.5. The van der Waals surface area contributed by atoms with Gasteiger partial charge in [0.05, 0.1) is 0 Å².